The Labute approximate surface area is 144 Å². The monoisotopic (exact) mass is 356 g/mol. The number of nitrogens with zero attached hydrogens (tertiary/aromatic N) is 2. The fourth-order valence-corrected chi connectivity index (χ4v) is 3.78. The summed E-state index contributed by atoms with van der Waals surface area (Å²) in [6, 6.07) is 4.01. The van der Waals surface area contributed by atoms with E-state index in [0.29, 0.717) is 0 Å². The Balaban J connectivity index is 1.76. The smallest absolute Gasteiger partial charge is 0.191 e. The predicted molar refractivity (Wildman–Crippen MR) is 97.6 cm³/mol. The zero-order chi connectivity index (χ0) is 15.8. The van der Waals surface area contributed by atoms with Crippen LogP contribution in [-0.4, -0.2) is 30.6 Å². The summed E-state index contributed by atoms with van der Waals surface area (Å²) in [6.45, 7) is 6.59. The van der Waals surface area contributed by atoms with Crippen molar-refractivity contribution >= 4 is 40.2 Å². The average Bonchev–Trinajstić information content (AvgIpc) is 3.08. The molecule has 0 aromatic carbocycles. The van der Waals surface area contributed by atoms with Gasteiger partial charge in [0.25, 0.3) is 0 Å². The van der Waals surface area contributed by atoms with E-state index in [0.717, 1.165) is 47.8 Å². The SMILES string of the molecule is CCNC(=NCCc1ncc(C)s1)NCCc1ccc(Cl)s1. The summed E-state index contributed by atoms with van der Waals surface area (Å²) >= 11 is 9.30. The molecule has 0 unspecified atom stereocenters. The van der Waals surface area contributed by atoms with Crippen LogP contribution >= 0.6 is 34.3 Å². The minimum atomic E-state index is 0.743. The van der Waals surface area contributed by atoms with Gasteiger partial charge in [0.15, 0.2) is 5.96 Å². The van der Waals surface area contributed by atoms with Gasteiger partial charge >= 0.3 is 0 Å². The summed E-state index contributed by atoms with van der Waals surface area (Å²) in [5.41, 5.74) is 0. The molecule has 0 fully saturated rings. The lowest BCUT2D eigenvalue weighted by molar-refractivity contribution is 0.801. The van der Waals surface area contributed by atoms with Crippen molar-refractivity contribution in [1.82, 2.24) is 15.6 Å². The van der Waals surface area contributed by atoms with E-state index in [1.807, 2.05) is 12.3 Å². The first kappa shape index (κ1) is 17.2. The zero-order valence-corrected chi connectivity index (χ0v) is 15.2. The van der Waals surface area contributed by atoms with Gasteiger partial charge in [-0.05, 0) is 32.4 Å². The summed E-state index contributed by atoms with van der Waals surface area (Å²) in [7, 11) is 0. The Bertz CT molecular complexity index is 606. The van der Waals surface area contributed by atoms with Crippen LogP contribution in [0.2, 0.25) is 4.34 Å². The molecule has 2 aromatic rings. The molecule has 0 aliphatic rings. The second kappa shape index (κ2) is 9.12. The molecule has 0 saturated heterocycles. The highest BCUT2D eigenvalue weighted by atomic mass is 35.5. The maximum Gasteiger partial charge on any atom is 0.191 e. The quantitative estimate of drug-likeness (QED) is 0.589. The Morgan fingerprint density at radius 2 is 2.14 bits per heavy atom. The number of nitrogens with one attached hydrogen (secondary N) is 2. The minimum Gasteiger partial charge on any atom is -0.357 e. The van der Waals surface area contributed by atoms with E-state index in [-0.39, 0.29) is 0 Å². The highest BCUT2D eigenvalue weighted by molar-refractivity contribution is 7.16. The third-order valence-electron chi connectivity index (χ3n) is 2.90. The van der Waals surface area contributed by atoms with Gasteiger partial charge in [-0.15, -0.1) is 22.7 Å². The maximum atomic E-state index is 5.94. The third kappa shape index (κ3) is 5.94. The second-order valence-electron chi connectivity index (χ2n) is 4.76. The van der Waals surface area contributed by atoms with Crippen molar-refractivity contribution in [3.05, 3.63) is 37.4 Å². The van der Waals surface area contributed by atoms with Crippen LogP contribution in [0.25, 0.3) is 0 Å². The highest BCUT2D eigenvalue weighted by Gasteiger charge is 2.01. The Kier molecular flexibility index (Phi) is 7.15. The second-order valence-corrected chi connectivity index (χ2v) is 7.88. The Morgan fingerprint density at radius 3 is 2.77 bits per heavy atom. The molecule has 22 heavy (non-hydrogen) atoms. The first-order valence-corrected chi connectivity index (χ1v) is 9.36. The van der Waals surface area contributed by atoms with Gasteiger partial charge < -0.3 is 10.6 Å². The molecule has 2 rings (SSSR count). The molecule has 7 heteroatoms. The molecule has 0 bridgehead atoms. The number of rotatable bonds is 7. The fraction of sp³-hybridized carbons (Fsp3) is 0.467. The minimum absolute atomic E-state index is 0.743. The summed E-state index contributed by atoms with van der Waals surface area (Å²) in [6.07, 6.45) is 3.75. The van der Waals surface area contributed by atoms with Crippen LogP contribution in [0.5, 0.6) is 0 Å². The van der Waals surface area contributed by atoms with Gasteiger partial charge in [0, 0.05) is 42.0 Å². The number of halogens is 1. The van der Waals surface area contributed by atoms with Gasteiger partial charge in [-0.2, -0.15) is 0 Å². The molecule has 0 aliphatic carbocycles. The van der Waals surface area contributed by atoms with Gasteiger partial charge in [-0.3, -0.25) is 4.99 Å². The highest BCUT2D eigenvalue weighted by Crippen LogP contribution is 2.21. The van der Waals surface area contributed by atoms with Crippen LogP contribution in [0.3, 0.4) is 0 Å². The first-order chi connectivity index (χ1) is 10.7. The lowest BCUT2D eigenvalue weighted by Crippen LogP contribution is -2.38. The van der Waals surface area contributed by atoms with Crippen LogP contribution in [0.1, 0.15) is 21.7 Å². The van der Waals surface area contributed by atoms with E-state index in [1.54, 1.807) is 22.7 Å². The van der Waals surface area contributed by atoms with Gasteiger partial charge in [-0.25, -0.2) is 4.98 Å². The zero-order valence-electron chi connectivity index (χ0n) is 12.9. The summed E-state index contributed by atoms with van der Waals surface area (Å²) in [5.74, 6) is 0.860. The van der Waals surface area contributed by atoms with Crippen molar-refractivity contribution in [1.29, 1.82) is 0 Å². The number of thiophene rings is 1. The molecule has 4 nitrogen and oxygen atoms in total. The van der Waals surface area contributed by atoms with Crippen LogP contribution in [0.15, 0.2) is 23.3 Å². The molecule has 2 heterocycles. The van der Waals surface area contributed by atoms with Gasteiger partial charge in [0.05, 0.1) is 9.34 Å². The van der Waals surface area contributed by atoms with Gasteiger partial charge in [-0.1, -0.05) is 11.6 Å². The number of aliphatic imine (C=N–C) groups is 1. The van der Waals surface area contributed by atoms with Crippen LogP contribution in [-0.2, 0) is 12.8 Å². The van der Waals surface area contributed by atoms with E-state index in [2.05, 4.69) is 40.5 Å². The number of guanidine groups is 1. The van der Waals surface area contributed by atoms with Gasteiger partial charge in [0.2, 0.25) is 0 Å². The predicted octanol–water partition coefficient (Wildman–Crippen LogP) is 3.51. The van der Waals surface area contributed by atoms with Crippen molar-refractivity contribution in [2.24, 2.45) is 4.99 Å². The van der Waals surface area contributed by atoms with Crippen molar-refractivity contribution in [3.63, 3.8) is 0 Å². The molecule has 0 saturated carbocycles. The molecule has 0 aliphatic heterocycles. The molecule has 0 radical (unpaired) electrons. The Hall–Kier alpha value is -1.11. The first-order valence-electron chi connectivity index (χ1n) is 7.35. The summed E-state index contributed by atoms with van der Waals surface area (Å²) < 4.78 is 0.842. The number of thiazole rings is 1. The largest absolute Gasteiger partial charge is 0.357 e. The molecule has 120 valence electrons. The lowest BCUT2D eigenvalue weighted by Gasteiger charge is -2.10. The van der Waals surface area contributed by atoms with Crippen LogP contribution in [0, 0.1) is 6.92 Å². The van der Waals surface area contributed by atoms with Crippen molar-refractivity contribution < 1.29 is 0 Å². The molecular formula is C15H21ClN4S2. The van der Waals surface area contributed by atoms with E-state index in [9.17, 15) is 0 Å². The van der Waals surface area contributed by atoms with E-state index >= 15 is 0 Å². The van der Waals surface area contributed by atoms with Gasteiger partial charge in [0.1, 0.15) is 0 Å². The molecule has 2 N–H and O–H groups in total. The molecule has 0 atom stereocenters. The van der Waals surface area contributed by atoms with E-state index in [1.165, 1.54) is 9.75 Å². The number of aromatic nitrogens is 1. The van der Waals surface area contributed by atoms with E-state index in [4.69, 9.17) is 11.6 Å². The molecule has 2 aromatic heterocycles. The van der Waals surface area contributed by atoms with E-state index < -0.39 is 0 Å². The number of hydrogen-bond donors (Lipinski definition) is 2. The lowest BCUT2D eigenvalue weighted by atomic mass is 10.3. The summed E-state index contributed by atoms with van der Waals surface area (Å²) in [5, 5.41) is 7.76. The maximum absolute atomic E-state index is 5.94. The fourth-order valence-electron chi connectivity index (χ4n) is 1.91. The Morgan fingerprint density at radius 1 is 1.27 bits per heavy atom. The summed E-state index contributed by atoms with van der Waals surface area (Å²) in [4.78, 5) is 11.5. The standard InChI is InChI=1S/C15H21ClN4S2/c1-3-17-15(18-8-6-12-4-5-13(16)22-12)19-9-7-14-20-10-11(2)21-14/h4-5,10H,3,6-9H2,1-2H3,(H2,17,18,19). The molecule has 0 spiro atoms. The number of aryl methyl sites for hydroxylation is 1. The number of hydrogen-bond acceptors (Lipinski definition) is 4. The van der Waals surface area contributed by atoms with Crippen molar-refractivity contribution in [3.8, 4) is 0 Å². The topological polar surface area (TPSA) is 49.3 Å². The van der Waals surface area contributed by atoms with Crippen molar-refractivity contribution in [2.75, 3.05) is 19.6 Å². The average molecular weight is 357 g/mol. The molecule has 0 amide bonds. The van der Waals surface area contributed by atoms with Crippen LogP contribution < -0.4 is 10.6 Å². The van der Waals surface area contributed by atoms with Crippen LogP contribution in [0.4, 0.5) is 0 Å². The van der Waals surface area contributed by atoms with Crippen molar-refractivity contribution in [2.45, 2.75) is 26.7 Å². The molecular weight excluding hydrogens is 336 g/mol. The normalized spacial score (nSPS) is 11.7. The third-order valence-corrected chi connectivity index (χ3v) is 5.17.